The number of nitrogens with one attached hydrogen (secondary N) is 1. The van der Waals surface area contributed by atoms with Gasteiger partial charge in [0.15, 0.2) is 0 Å². The van der Waals surface area contributed by atoms with E-state index in [4.69, 9.17) is 20.6 Å². The molecule has 0 amide bonds. The molecule has 4 aromatic carbocycles. The second-order valence-corrected chi connectivity index (χ2v) is 8.85. The third kappa shape index (κ3) is 5.65. The standard InChI is InChI=1S/C30H30N2O2/c1-30(2,25-9-4-3-5-10-25)26-13-17-28(18-14-26)34-21-23-8-6-7-22(19-23)20-33-27-15-11-24(12-16-27)29(31)32/h3-19H,20-21H2,1-2H3,(H3,31,32). The average Bonchev–Trinajstić information content (AvgIpc) is 2.87. The lowest BCUT2D eigenvalue weighted by molar-refractivity contribution is 0.300. The highest BCUT2D eigenvalue weighted by atomic mass is 16.5. The molecule has 0 aliphatic rings. The van der Waals surface area contributed by atoms with E-state index < -0.39 is 0 Å². The van der Waals surface area contributed by atoms with Crippen molar-refractivity contribution in [3.63, 3.8) is 0 Å². The topological polar surface area (TPSA) is 68.3 Å². The summed E-state index contributed by atoms with van der Waals surface area (Å²) >= 11 is 0. The van der Waals surface area contributed by atoms with Crippen LogP contribution in [0.5, 0.6) is 11.5 Å². The van der Waals surface area contributed by atoms with E-state index >= 15 is 0 Å². The maximum atomic E-state index is 7.47. The summed E-state index contributed by atoms with van der Waals surface area (Å²) in [7, 11) is 0. The Balaban J connectivity index is 1.34. The number of nitrogen functional groups attached to an aromatic ring is 1. The summed E-state index contributed by atoms with van der Waals surface area (Å²) in [5.41, 5.74) is 10.8. The maximum absolute atomic E-state index is 7.47. The summed E-state index contributed by atoms with van der Waals surface area (Å²) in [5.74, 6) is 1.64. The summed E-state index contributed by atoms with van der Waals surface area (Å²) in [5, 5.41) is 7.47. The molecule has 4 aromatic rings. The van der Waals surface area contributed by atoms with Crippen molar-refractivity contribution in [3.8, 4) is 11.5 Å². The number of benzene rings is 4. The Morgan fingerprint density at radius 2 is 1.18 bits per heavy atom. The Morgan fingerprint density at radius 1 is 0.676 bits per heavy atom. The zero-order valence-corrected chi connectivity index (χ0v) is 19.6. The quantitative estimate of drug-likeness (QED) is 0.227. The number of hydrogen-bond donors (Lipinski definition) is 2. The molecule has 0 aliphatic carbocycles. The highest BCUT2D eigenvalue weighted by Crippen LogP contribution is 2.32. The summed E-state index contributed by atoms with van der Waals surface area (Å²) < 4.78 is 11.9. The van der Waals surface area contributed by atoms with Crippen LogP contribution in [0.15, 0.2) is 103 Å². The monoisotopic (exact) mass is 450 g/mol. The smallest absolute Gasteiger partial charge is 0.122 e. The third-order valence-electron chi connectivity index (χ3n) is 6.04. The molecule has 0 aliphatic heterocycles. The highest BCUT2D eigenvalue weighted by molar-refractivity contribution is 5.94. The maximum Gasteiger partial charge on any atom is 0.122 e. The molecular formula is C30H30N2O2. The minimum atomic E-state index is -0.0689. The van der Waals surface area contributed by atoms with E-state index in [1.165, 1.54) is 11.1 Å². The van der Waals surface area contributed by atoms with Gasteiger partial charge in [0.25, 0.3) is 0 Å². The van der Waals surface area contributed by atoms with E-state index in [0.29, 0.717) is 18.8 Å². The van der Waals surface area contributed by atoms with Crippen LogP contribution in [0, 0.1) is 5.41 Å². The minimum absolute atomic E-state index is 0.0498. The van der Waals surface area contributed by atoms with E-state index in [-0.39, 0.29) is 11.3 Å². The van der Waals surface area contributed by atoms with Crippen LogP contribution in [0.25, 0.3) is 0 Å². The van der Waals surface area contributed by atoms with Crippen LogP contribution >= 0.6 is 0 Å². The van der Waals surface area contributed by atoms with Crippen molar-refractivity contribution in [1.29, 1.82) is 5.41 Å². The average molecular weight is 451 g/mol. The molecule has 0 bridgehead atoms. The Bertz CT molecular complexity index is 1230. The second-order valence-electron chi connectivity index (χ2n) is 8.85. The fourth-order valence-corrected chi connectivity index (χ4v) is 3.86. The first kappa shape index (κ1) is 23.1. The first-order valence-electron chi connectivity index (χ1n) is 11.4. The predicted molar refractivity (Wildman–Crippen MR) is 138 cm³/mol. The van der Waals surface area contributed by atoms with Crippen molar-refractivity contribution in [1.82, 2.24) is 0 Å². The van der Waals surface area contributed by atoms with Crippen LogP contribution in [0.1, 0.15) is 41.7 Å². The van der Waals surface area contributed by atoms with E-state index in [1.807, 2.05) is 42.5 Å². The van der Waals surface area contributed by atoms with Gasteiger partial charge in [-0.25, -0.2) is 0 Å². The van der Waals surface area contributed by atoms with E-state index in [0.717, 1.165) is 22.6 Å². The van der Waals surface area contributed by atoms with Gasteiger partial charge in [0.2, 0.25) is 0 Å². The lowest BCUT2D eigenvalue weighted by atomic mass is 9.78. The zero-order chi connectivity index (χ0) is 24.0. The van der Waals surface area contributed by atoms with Crippen molar-refractivity contribution in [2.24, 2.45) is 5.73 Å². The van der Waals surface area contributed by atoms with Crippen molar-refractivity contribution < 1.29 is 9.47 Å². The van der Waals surface area contributed by atoms with Crippen molar-refractivity contribution in [2.75, 3.05) is 0 Å². The summed E-state index contributed by atoms with van der Waals surface area (Å²) in [6, 6.07) is 34.3. The van der Waals surface area contributed by atoms with Gasteiger partial charge in [-0.3, -0.25) is 5.41 Å². The van der Waals surface area contributed by atoms with Gasteiger partial charge in [-0.2, -0.15) is 0 Å². The molecule has 0 radical (unpaired) electrons. The Morgan fingerprint density at radius 3 is 1.71 bits per heavy atom. The first-order chi connectivity index (χ1) is 16.4. The van der Waals surface area contributed by atoms with E-state index in [1.54, 1.807) is 12.1 Å². The molecule has 4 rings (SSSR count). The van der Waals surface area contributed by atoms with E-state index in [2.05, 4.69) is 62.4 Å². The molecule has 0 spiro atoms. The molecule has 34 heavy (non-hydrogen) atoms. The largest absolute Gasteiger partial charge is 0.489 e. The lowest BCUT2D eigenvalue weighted by Crippen LogP contribution is -2.18. The molecule has 3 N–H and O–H groups in total. The predicted octanol–water partition coefficient (Wildman–Crippen LogP) is 6.45. The Hall–Kier alpha value is -4.05. The van der Waals surface area contributed by atoms with Crippen LogP contribution in [0.2, 0.25) is 0 Å². The second kappa shape index (κ2) is 10.3. The minimum Gasteiger partial charge on any atom is -0.489 e. The normalized spacial score (nSPS) is 11.1. The molecule has 0 atom stereocenters. The van der Waals surface area contributed by atoms with Crippen molar-refractivity contribution in [3.05, 3.63) is 131 Å². The number of ether oxygens (including phenoxy) is 2. The Labute approximate surface area is 201 Å². The van der Waals surface area contributed by atoms with Crippen LogP contribution < -0.4 is 15.2 Å². The SMILES string of the molecule is CC(C)(c1ccccc1)c1ccc(OCc2cccc(COc3ccc(C(=N)N)cc3)c2)cc1. The number of rotatable bonds is 9. The van der Waals surface area contributed by atoms with Gasteiger partial charge in [0.05, 0.1) is 0 Å². The van der Waals surface area contributed by atoms with Crippen LogP contribution in [0.4, 0.5) is 0 Å². The lowest BCUT2D eigenvalue weighted by Gasteiger charge is -2.26. The molecule has 0 heterocycles. The highest BCUT2D eigenvalue weighted by Gasteiger charge is 2.22. The van der Waals surface area contributed by atoms with Gasteiger partial charge in [-0.1, -0.05) is 74.5 Å². The number of amidine groups is 1. The number of nitrogens with two attached hydrogens (primary N) is 1. The number of hydrogen-bond acceptors (Lipinski definition) is 3. The fraction of sp³-hybridized carbons (Fsp3) is 0.167. The van der Waals surface area contributed by atoms with Crippen LogP contribution in [-0.4, -0.2) is 5.84 Å². The molecule has 0 fully saturated rings. The van der Waals surface area contributed by atoms with Gasteiger partial charge in [-0.05, 0) is 64.7 Å². The van der Waals surface area contributed by atoms with Gasteiger partial charge >= 0.3 is 0 Å². The van der Waals surface area contributed by atoms with Gasteiger partial charge in [0.1, 0.15) is 30.5 Å². The summed E-state index contributed by atoms with van der Waals surface area (Å²) in [4.78, 5) is 0. The van der Waals surface area contributed by atoms with Gasteiger partial charge in [-0.15, -0.1) is 0 Å². The first-order valence-corrected chi connectivity index (χ1v) is 11.4. The summed E-state index contributed by atoms with van der Waals surface area (Å²) in [6.45, 7) is 5.42. The van der Waals surface area contributed by atoms with Crippen LogP contribution in [-0.2, 0) is 18.6 Å². The molecule has 4 nitrogen and oxygen atoms in total. The van der Waals surface area contributed by atoms with E-state index in [9.17, 15) is 0 Å². The molecular weight excluding hydrogens is 420 g/mol. The van der Waals surface area contributed by atoms with Gasteiger partial charge in [0, 0.05) is 11.0 Å². The zero-order valence-electron chi connectivity index (χ0n) is 19.6. The molecule has 0 aromatic heterocycles. The molecule has 0 saturated heterocycles. The Kier molecular flexibility index (Phi) is 6.98. The van der Waals surface area contributed by atoms with Crippen LogP contribution in [0.3, 0.4) is 0 Å². The molecule has 172 valence electrons. The van der Waals surface area contributed by atoms with Crippen molar-refractivity contribution >= 4 is 5.84 Å². The molecule has 0 unspecified atom stereocenters. The van der Waals surface area contributed by atoms with Gasteiger partial charge < -0.3 is 15.2 Å². The molecule has 0 saturated carbocycles. The van der Waals surface area contributed by atoms with Crippen molar-refractivity contribution in [2.45, 2.75) is 32.5 Å². The fourth-order valence-electron chi connectivity index (χ4n) is 3.86. The third-order valence-corrected chi connectivity index (χ3v) is 6.04. The summed E-state index contributed by atoms with van der Waals surface area (Å²) in [6.07, 6.45) is 0. The molecule has 4 heteroatoms.